The number of rotatable bonds is 6. The summed E-state index contributed by atoms with van der Waals surface area (Å²) in [6.45, 7) is 3.99. The van der Waals surface area contributed by atoms with Crippen LogP contribution >= 0.6 is 0 Å². The summed E-state index contributed by atoms with van der Waals surface area (Å²) in [4.78, 5) is 0. The lowest BCUT2D eigenvalue weighted by Crippen LogP contribution is -2.35. The van der Waals surface area contributed by atoms with Gasteiger partial charge in [0.15, 0.2) is 0 Å². The number of aromatic hydroxyl groups is 1. The van der Waals surface area contributed by atoms with Gasteiger partial charge in [-0.15, -0.1) is 0 Å². The maximum atomic E-state index is 9.11. The van der Waals surface area contributed by atoms with Crippen molar-refractivity contribution in [2.75, 3.05) is 19.8 Å². The molecular formula is C16H29NO6. The van der Waals surface area contributed by atoms with E-state index in [0.717, 1.165) is 6.42 Å². The second-order valence-electron chi connectivity index (χ2n) is 4.77. The lowest BCUT2D eigenvalue weighted by atomic mass is 10.1. The van der Waals surface area contributed by atoms with Crippen LogP contribution in [0.4, 0.5) is 0 Å². The molecule has 0 bridgehead atoms. The van der Waals surface area contributed by atoms with Gasteiger partial charge in [0.25, 0.3) is 0 Å². The van der Waals surface area contributed by atoms with Crippen LogP contribution in [0.3, 0.4) is 0 Å². The third-order valence-electron chi connectivity index (χ3n) is 3.09. The van der Waals surface area contributed by atoms with Crippen LogP contribution in [0.25, 0.3) is 0 Å². The van der Waals surface area contributed by atoms with Gasteiger partial charge in [-0.05, 0) is 30.7 Å². The first-order chi connectivity index (χ1) is 11.0. The van der Waals surface area contributed by atoms with Crippen molar-refractivity contribution in [2.45, 2.75) is 44.7 Å². The van der Waals surface area contributed by atoms with Gasteiger partial charge in [0.05, 0.1) is 13.2 Å². The van der Waals surface area contributed by atoms with E-state index < -0.39 is 24.9 Å². The van der Waals surface area contributed by atoms with Gasteiger partial charge in [-0.3, -0.25) is 0 Å². The standard InChI is InChI=1S/C8H11NO.C6H12O5.C2H6/c9-6-5-7-1-3-8(10)4-2-7;7-1-3(9)5(10)6-4(2-8)11-6;1-2/h1-4,10H,5-6,9H2;3-10H,1-2H2;1-2H3. The molecule has 1 aromatic rings. The number of epoxide rings is 1. The number of phenolic OH excluding ortho intramolecular Hbond substituents is 1. The molecule has 0 saturated carbocycles. The van der Waals surface area contributed by atoms with Gasteiger partial charge in [0.1, 0.15) is 30.2 Å². The fourth-order valence-corrected chi connectivity index (χ4v) is 1.76. The molecule has 1 saturated heterocycles. The number of aliphatic hydroxyl groups is 4. The maximum absolute atomic E-state index is 9.11. The smallest absolute Gasteiger partial charge is 0.115 e. The Balaban J connectivity index is 0.000000381. The number of phenols is 1. The number of benzene rings is 1. The van der Waals surface area contributed by atoms with Gasteiger partial charge in [-0.25, -0.2) is 0 Å². The predicted octanol–water partition coefficient (Wildman–Crippen LogP) is -0.620. The second kappa shape index (κ2) is 12.2. The third kappa shape index (κ3) is 8.26. The minimum atomic E-state index is -1.18. The molecular weight excluding hydrogens is 302 g/mol. The van der Waals surface area contributed by atoms with Crippen LogP contribution < -0.4 is 5.73 Å². The number of nitrogens with two attached hydrogens (primary N) is 1. The van der Waals surface area contributed by atoms with Crippen LogP contribution in [-0.2, 0) is 11.2 Å². The Kier molecular flexibility index (Phi) is 11.6. The summed E-state index contributed by atoms with van der Waals surface area (Å²) >= 11 is 0. The van der Waals surface area contributed by atoms with Crippen molar-refractivity contribution in [2.24, 2.45) is 5.73 Å². The van der Waals surface area contributed by atoms with Gasteiger partial charge in [-0.2, -0.15) is 0 Å². The molecule has 1 aliphatic heterocycles. The van der Waals surface area contributed by atoms with Crippen molar-refractivity contribution in [3.8, 4) is 5.75 Å². The van der Waals surface area contributed by atoms with Crippen LogP contribution in [0.2, 0.25) is 0 Å². The van der Waals surface area contributed by atoms with Gasteiger partial charge < -0.3 is 36.0 Å². The number of hydrogen-bond acceptors (Lipinski definition) is 7. The van der Waals surface area contributed by atoms with Crippen molar-refractivity contribution in [1.29, 1.82) is 0 Å². The molecule has 1 heterocycles. The molecule has 4 atom stereocenters. The number of aliphatic hydroxyl groups excluding tert-OH is 4. The normalized spacial score (nSPS) is 21.2. The molecule has 134 valence electrons. The largest absolute Gasteiger partial charge is 0.508 e. The third-order valence-corrected chi connectivity index (χ3v) is 3.09. The van der Waals surface area contributed by atoms with E-state index in [9.17, 15) is 0 Å². The van der Waals surface area contributed by atoms with Gasteiger partial charge in [-0.1, -0.05) is 26.0 Å². The van der Waals surface area contributed by atoms with E-state index in [4.69, 9.17) is 36.0 Å². The fraction of sp³-hybridized carbons (Fsp3) is 0.625. The summed E-state index contributed by atoms with van der Waals surface area (Å²) in [5, 5.41) is 43.8. The number of hydrogen-bond donors (Lipinski definition) is 6. The highest BCUT2D eigenvalue weighted by molar-refractivity contribution is 5.25. The Morgan fingerprint density at radius 3 is 2.09 bits per heavy atom. The highest BCUT2D eigenvalue weighted by Crippen LogP contribution is 2.26. The van der Waals surface area contributed by atoms with E-state index in [-0.39, 0.29) is 12.7 Å². The monoisotopic (exact) mass is 331 g/mol. The van der Waals surface area contributed by atoms with Crippen molar-refractivity contribution in [1.82, 2.24) is 0 Å². The molecule has 0 aromatic heterocycles. The summed E-state index contributed by atoms with van der Waals surface area (Å²) in [5.74, 6) is 0.306. The molecule has 23 heavy (non-hydrogen) atoms. The van der Waals surface area contributed by atoms with Gasteiger partial charge >= 0.3 is 0 Å². The zero-order chi connectivity index (χ0) is 17.8. The molecule has 4 unspecified atom stereocenters. The zero-order valence-corrected chi connectivity index (χ0v) is 13.7. The molecule has 7 nitrogen and oxygen atoms in total. The zero-order valence-electron chi connectivity index (χ0n) is 13.7. The van der Waals surface area contributed by atoms with E-state index in [1.807, 2.05) is 26.0 Å². The second-order valence-corrected chi connectivity index (χ2v) is 4.77. The van der Waals surface area contributed by atoms with Crippen molar-refractivity contribution in [3.05, 3.63) is 29.8 Å². The van der Waals surface area contributed by atoms with E-state index in [2.05, 4.69) is 0 Å². The first-order valence-electron chi connectivity index (χ1n) is 7.74. The van der Waals surface area contributed by atoms with Gasteiger partial charge in [0.2, 0.25) is 0 Å². The summed E-state index contributed by atoms with van der Waals surface area (Å²) in [7, 11) is 0. The summed E-state index contributed by atoms with van der Waals surface area (Å²) in [5.41, 5.74) is 6.50. The van der Waals surface area contributed by atoms with Crippen LogP contribution in [0.5, 0.6) is 5.75 Å². The minimum absolute atomic E-state index is 0.167. The first-order valence-corrected chi connectivity index (χ1v) is 7.74. The molecule has 0 aliphatic carbocycles. The summed E-state index contributed by atoms with van der Waals surface area (Å²) in [6.07, 6.45) is -2.32. The lowest BCUT2D eigenvalue weighted by molar-refractivity contribution is -0.0263. The Bertz CT molecular complexity index is 400. The molecule has 0 radical (unpaired) electrons. The van der Waals surface area contributed by atoms with E-state index in [1.165, 1.54) is 5.56 Å². The Labute approximate surface area is 137 Å². The van der Waals surface area contributed by atoms with Crippen LogP contribution in [0.1, 0.15) is 19.4 Å². The SMILES string of the molecule is CC.NCCc1ccc(O)cc1.OCC(O)C(O)C1OC1CO. The average Bonchev–Trinajstić information content (AvgIpc) is 3.38. The van der Waals surface area contributed by atoms with Crippen LogP contribution in [0, 0.1) is 0 Å². The average molecular weight is 331 g/mol. The molecule has 1 fully saturated rings. The van der Waals surface area contributed by atoms with Gasteiger partial charge in [0, 0.05) is 0 Å². The molecule has 0 amide bonds. The van der Waals surface area contributed by atoms with Crippen molar-refractivity contribution in [3.63, 3.8) is 0 Å². The Morgan fingerprint density at radius 2 is 1.70 bits per heavy atom. The highest BCUT2D eigenvalue weighted by atomic mass is 16.6. The van der Waals surface area contributed by atoms with Crippen molar-refractivity contribution >= 4 is 0 Å². The lowest BCUT2D eigenvalue weighted by Gasteiger charge is -2.12. The van der Waals surface area contributed by atoms with E-state index >= 15 is 0 Å². The quantitative estimate of drug-likeness (QED) is 0.382. The Hall–Kier alpha value is -1.22. The summed E-state index contributed by atoms with van der Waals surface area (Å²) < 4.78 is 4.78. The maximum Gasteiger partial charge on any atom is 0.115 e. The molecule has 1 aromatic carbocycles. The molecule has 1 aliphatic rings. The molecule has 7 heteroatoms. The fourth-order valence-electron chi connectivity index (χ4n) is 1.76. The van der Waals surface area contributed by atoms with E-state index in [0.29, 0.717) is 12.3 Å². The molecule has 7 N–H and O–H groups in total. The Morgan fingerprint density at radius 1 is 1.13 bits per heavy atom. The predicted molar refractivity (Wildman–Crippen MR) is 87.1 cm³/mol. The molecule has 2 rings (SSSR count). The summed E-state index contributed by atoms with van der Waals surface area (Å²) in [6, 6.07) is 7.10. The van der Waals surface area contributed by atoms with Crippen molar-refractivity contribution < 1.29 is 30.3 Å². The highest BCUT2D eigenvalue weighted by Gasteiger charge is 2.46. The minimum Gasteiger partial charge on any atom is -0.508 e. The van der Waals surface area contributed by atoms with Crippen LogP contribution in [0.15, 0.2) is 24.3 Å². The van der Waals surface area contributed by atoms with E-state index in [1.54, 1.807) is 12.1 Å². The first kappa shape index (κ1) is 21.8. The number of ether oxygens (including phenoxy) is 1. The molecule has 0 spiro atoms. The van der Waals surface area contributed by atoms with Crippen LogP contribution in [-0.4, -0.2) is 69.7 Å². The topological polar surface area (TPSA) is 140 Å².